The van der Waals surface area contributed by atoms with Crippen molar-refractivity contribution in [2.45, 2.75) is 49.0 Å². The number of hydrogen-bond donors (Lipinski definition) is 3. The molecule has 0 saturated carbocycles. The van der Waals surface area contributed by atoms with E-state index >= 15 is 0 Å². The third-order valence-corrected chi connectivity index (χ3v) is 10.6. The second-order valence-electron chi connectivity index (χ2n) is 14.0. The van der Waals surface area contributed by atoms with Gasteiger partial charge in [0.2, 0.25) is 0 Å². The van der Waals surface area contributed by atoms with E-state index in [0.717, 1.165) is 49.4 Å². The van der Waals surface area contributed by atoms with Crippen molar-refractivity contribution in [3.63, 3.8) is 0 Å². The van der Waals surface area contributed by atoms with E-state index in [1.54, 1.807) is 0 Å². The molecule has 2 aliphatic heterocycles. The Morgan fingerprint density at radius 1 is 0.600 bits per heavy atom. The maximum Gasteiger partial charge on any atom is 0.410 e. The minimum absolute atomic E-state index is 0.0202. The summed E-state index contributed by atoms with van der Waals surface area (Å²) < 4.78 is 16.1. The molecule has 2 saturated heterocycles. The van der Waals surface area contributed by atoms with E-state index in [4.69, 9.17) is 14.2 Å². The number of likely N-dealkylation sites (tertiary alicyclic amines) is 2. The highest BCUT2D eigenvalue weighted by atomic mass is 16.6. The largest absolute Gasteiger partial charge is 0.480 e. The van der Waals surface area contributed by atoms with Crippen LogP contribution >= 0.6 is 0 Å². The summed E-state index contributed by atoms with van der Waals surface area (Å²) in [5, 5.41) is 28.9. The number of hydrogen-bond acceptors (Lipinski definition) is 9. The van der Waals surface area contributed by atoms with Crippen LogP contribution in [0.5, 0.6) is 0 Å². The number of β-amino-alcohol motifs (C(OH)–C–C–N with tert-alkyl or cyclic N) is 2. The molecule has 2 fully saturated rings. The lowest BCUT2D eigenvalue weighted by atomic mass is 9.98. The van der Waals surface area contributed by atoms with Crippen LogP contribution in [0.15, 0.2) is 110 Å². The van der Waals surface area contributed by atoms with E-state index in [2.05, 4.69) is 18.7 Å². The van der Waals surface area contributed by atoms with Crippen LogP contribution in [0.2, 0.25) is 0 Å². The molecule has 55 heavy (non-hydrogen) atoms. The second kappa shape index (κ2) is 16.2. The minimum Gasteiger partial charge on any atom is -0.480 e. The van der Waals surface area contributed by atoms with Gasteiger partial charge in [0.15, 0.2) is 0 Å². The Bertz CT molecular complexity index is 2010. The van der Waals surface area contributed by atoms with E-state index < -0.39 is 48.4 Å². The smallest absolute Gasteiger partial charge is 0.410 e. The first-order valence-electron chi connectivity index (χ1n) is 18.3. The van der Waals surface area contributed by atoms with Crippen LogP contribution in [0, 0.1) is 0 Å². The van der Waals surface area contributed by atoms with Gasteiger partial charge >= 0.3 is 24.1 Å². The van der Waals surface area contributed by atoms with Crippen LogP contribution in [0.4, 0.5) is 9.59 Å². The summed E-state index contributed by atoms with van der Waals surface area (Å²) in [5.41, 5.74) is 8.97. The van der Waals surface area contributed by atoms with Gasteiger partial charge in [0.1, 0.15) is 31.9 Å². The normalized spacial score (nSPS) is 20.7. The van der Waals surface area contributed by atoms with Gasteiger partial charge in [0.25, 0.3) is 0 Å². The maximum absolute atomic E-state index is 12.7. The summed E-state index contributed by atoms with van der Waals surface area (Å²) in [6.45, 7) is 3.88. The molecule has 2 heterocycles. The van der Waals surface area contributed by atoms with Crippen LogP contribution in [-0.4, -0.2) is 106 Å². The lowest BCUT2D eigenvalue weighted by Crippen LogP contribution is -2.42. The van der Waals surface area contributed by atoms with Crippen molar-refractivity contribution >= 4 is 24.1 Å². The quantitative estimate of drug-likeness (QED) is 0.118. The van der Waals surface area contributed by atoms with E-state index in [1.165, 1.54) is 11.0 Å². The molecule has 4 atom stereocenters. The summed E-state index contributed by atoms with van der Waals surface area (Å²) in [6.07, 6.45) is -1.31. The van der Waals surface area contributed by atoms with Crippen molar-refractivity contribution in [2.24, 2.45) is 0 Å². The Kier molecular flexibility index (Phi) is 11.0. The van der Waals surface area contributed by atoms with E-state index in [-0.39, 0.29) is 57.6 Å². The number of carbonyl (C=O) groups is 4. The van der Waals surface area contributed by atoms with Crippen molar-refractivity contribution < 1.29 is 48.7 Å². The van der Waals surface area contributed by atoms with Crippen LogP contribution < -0.4 is 0 Å². The zero-order valence-corrected chi connectivity index (χ0v) is 30.0. The van der Waals surface area contributed by atoms with Gasteiger partial charge < -0.3 is 29.5 Å². The lowest BCUT2D eigenvalue weighted by Gasteiger charge is -2.23. The van der Waals surface area contributed by atoms with Gasteiger partial charge in [-0.2, -0.15) is 0 Å². The number of esters is 1. The van der Waals surface area contributed by atoms with Crippen molar-refractivity contribution in [3.8, 4) is 22.3 Å². The average Bonchev–Trinajstić information content (AvgIpc) is 3.96. The summed E-state index contributed by atoms with van der Waals surface area (Å²) in [5.74, 6) is -1.84. The molecule has 3 N–H and O–H groups in total. The molecule has 2 aliphatic carbocycles. The van der Waals surface area contributed by atoms with E-state index in [1.807, 2.05) is 84.9 Å². The summed E-state index contributed by atoms with van der Waals surface area (Å²) >= 11 is 0. The predicted molar refractivity (Wildman–Crippen MR) is 201 cm³/mol. The summed E-state index contributed by atoms with van der Waals surface area (Å²) in [4.78, 5) is 51.0. The SMILES string of the molecule is C=CCOC(=O)[C@@H]1CC(O)CN1C(=O)OCC1c2ccccc2-c2ccccc21.O=C(O)[C@@H]1CC(O)CN1C(=O)OCC1c2ccccc2-c2ccccc21. The van der Waals surface area contributed by atoms with Gasteiger partial charge in [-0.15, -0.1) is 0 Å². The zero-order valence-electron chi connectivity index (χ0n) is 30.0. The topological polar surface area (TPSA) is 163 Å². The molecule has 4 aromatic carbocycles. The summed E-state index contributed by atoms with van der Waals surface area (Å²) in [6, 6.07) is 30.3. The number of nitrogens with zero attached hydrogens (tertiary/aromatic N) is 2. The number of carbonyl (C=O) groups excluding carboxylic acids is 3. The first kappa shape index (κ1) is 37.3. The zero-order chi connectivity index (χ0) is 38.6. The standard InChI is InChI=1S/C23H23NO5.C20H19NO5/c1-2-11-28-22(26)21-12-15(25)13-24(21)23(27)29-14-20-18-9-5-3-7-16(18)17-8-4-6-10-19(17)20;22-12-9-18(19(23)24)21(10-12)20(25)26-11-17-15-7-3-1-5-13(15)14-6-2-4-8-16(14)17/h2-10,15,20-21,25H,1,11-14H2;1-8,12,17-18,22H,9-11H2,(H,23,24)/t15?,21-;12?,18-/m00/s1. The minimum atomic E-state index is -1.13. The Balaban J connectivity index is 0.000000170. The molecule has 0 aromatic heterocycles. The third-order valence-electron chi connectivity index (χ3n) is 10.6. The maximum atomic E-state index is 12.7. The number of ether oxygens (including phenoxy) is 3. The average molecular weight is 747 g/mol. The van der Waals surface area contributed by atoms with Crippen molar-refractivity contribution in [2.75, 3.05) is 32.9 Å². The Morgan fingerprint density at radius 2 is 0.964 bits per heavy atom. The van der Waals surface area contributed by atoms with Crippen LogP contribution in [-0.2, 0) is 23.8 Å². The van der Waals surface area contributed by atoms with Gasteiger partial charge in [0.05, 0.1) is 25.3 Å². The molecular weight excluding hydrogens is 704 g/mol. The number of aliphatic hydroxyl groups excluding tert-OH is 2. The number of fused-ring (bicyclic) bond motifs is 6. The molecule has 0 bridgehead atoms. The first-order valence-corrected chi connectivity index (χ1v) is 18.3. The molecule has 284 valence electrons. The number of aliphatic carboxylic acids is 1. The van der Waals surface area contributed by atoms with Gasteiger partial charge in [-0.3, -0.25) is 9.80 Å². The van der Waals surface area contributed by atoms with Crippen LogP contribution in [0.1, 0.15) is 46.9 Å². The number of carboxylic acids is 1. The fourth-order valence-corrected chi connectivity index (χ4v) is 8.08. The van der Waals surface area contributed by atoms with Crippen molar-refractivity contribution in [1.29, 1.82) is 0 Å². The van der Waals surface area contributed by atoms with Crippen LogP contribution in [0.25, 0.3) is 22.3 Å². The van der Waals surface area contributed by atoms with Gasteiger partial charge in [-0.1, -0.05) is 110 Å². The molecule has 2 amide bonds. The Labute approximate surface area is 318 Å². The number of benzene rings is 4. The van der Waals surface area contributed by atoms with Gasteiger partial charge in [-0.05, 0) is 44.5 Å². The van der Waals surface area contributed by atoms with Gasteiger partial charge in [-0.25, -0.2) is 19.2 Å². The Morgan fingerprint density at radius 3 is 1.35 bits per heavy atom. The van der Waals surface area contributed by atoms with Gasteiger partial charge in [0, 0.05) is 24.7 Å². The lowest BCUT2D eigenvalue weighted by molar-refractivity contribution is -0.147. The predicted octanol–water partition coefficient (Wildman–Crippen LogP) is 5.56. The highest BCUT2D eigenvalue weighted by molar-refractivity contribution is 5.84. The molecule has 4 aromatic rings. The molecule has 0 spiro atoms. The van der Waals surface area contributed by atoms with Crippen molar-refractivity contribution in [3.05, 3.63) is 132 Å². The number of rotatable bonds is 8. The number of aliphatic hydroxyl groups is 2. The number of amides is 2. The molecule has 12 nitrogen and oxygen atoms in total. The molecule has 4 aliphatic rings. The molecule has 8 rings (SSSR count). The first-order chi connectivity index (χ1) is 26.7. The molecular formula is C43H42N2O10. The molecule has 12 heteroatoms. The third kappa shape index (κ3) is 7.56. The van der Waals surface area contributed by atoms with E-state index in [9.17, 15) is 34.5 Å². The molecule has 2 unspecified atom stereocenters. The highest BCUT2D eigenvalue weighted by Crippen LogP contribution is 2.46. The van der Waals surface area contributed by atoms with E-state index in [0.29, 0.717) is 0 Å². The summed E-state index contributed by atoms with van der Waals surface area (Å²) in [7, 11) is 0. The highest BCUT2D eigenvalue weighted by Gasteiger charge is 2.42. The number of carboxylic acid groups (broad SMARTS) is 1. The Hall–Kier alpha value is -5.98. The monoisotopic (exact) mass is 746 g/mol. The second-order valence-corrected chi connectivity index (χ2v) is 14.0. The van der Waals surface area contributed by atoms with Crippen molar-refractivity contribution in [1.82, 2.24) is 9.80 Å². The van der Waals surface area contributed by atoms with Crippen LogP contribution in [0.3, 0.4) is 0 Å². The fraction of sp³-hybridized carbons (Fsp3) is 0.302. The molecule has 0 radical (unpaired) electrons. The fourth-order valence-electron chi connectivity index (χ4n) is 8.08.